The van der Waals surface area contributed by atoms with Gasteiger partial charge >= 0.3 is 11.9 Å². The molecule has 5 heteroatoms. The van der Waals surface area contributed by atoms with E-state index in [1.54, 1.807) is 6.92 Å². The normalized spacial score (nSPS) is 12.3. The molecule has 0 fully saturated rings. The highest BCUT2D eigenvalue weighted by Gasteiger charge is 2.10. The number of carbonyl (C=O) groups is 2. The summed E-state index contributed by atoms with van der Waals surface area (Å²) in [6, 6.07) is 0. The van der Waals surface area contributed by atoms with Crippen LogP contribution >= 0.6 is 0 Å². The van der Waals surface area contributed by atoms with Crippen molar-refractivity contribution in [1.29, 1.82) is 0 Å². The maximum absolute atomic E-state index is 9.92. The molecule has 1 rings (SSSR count). The third-order valence-corrected chi connectivity index (χ3v) is 0.557. The summed E-state index contributed by atoms with van der Waals surface area (Å²) in [5.41, 5.74) is 4.50. The molecule has 0 aromatic carbocycles. The predicted octanol–water partition coefficient (Wildman–Crippen LogP) is -0.801. The number of cyclic esters (lactones) is 2. The first-order chi connectivity index (χ1) is 5.70. The van der Waals surface area contributed by atoms with Crippen LogP contribution in [-0.4, -0.2) is 30.7 Å². The van der Waals surface area contributed by atoms with E-state index in [2.05, 4.69) is 10.5 Å². The molecule has 1 aliphatic rings. The van der Waals surface area contributed by atoms with Crippen LogP contribution in [0.2, 0.25) is 0 Å². The van der Waals surface area contributed by atoms with Crippen molar-refractivity contribution in [3.8, 4) is 0 Å². The standard InChI is InChI=1S/C4H2O3.C2H6O.CH5N/c5-3-1-2-4(6)7-3;1-2-3;1-2/h1-2H;3H,2H2,1H3;2H2,1H3. The fourth-order valence-corrected chi connectivity index (χ4v) is 0.303. The smallest absolute Gasteiger partial charge is 0.338 e. The molecule has 0 bridgehead atoms. The number of carbonyl (C=O) groups excluding carboxylic acids is 2. The number of nitrogens with two attached hydrogens (primary N) is 1. The number of hydrogen-bond acceptors (Lipinski definition) is 5. The average molecular weight is 175 g/mol. The molecule has 0 unspecified atom stereocenters. The van der Waals surface area contributed by atoms with Gasteiger partial charge in [0.05, 0.1) is 0 Å². The highest BCUT2D eigenvalue weighted by atomic mass is 16.6. The van der Waals surface area contributed by atoms with Crippen LogP contribution in [0.4, 0.5) is 0 Å². The molecular weight excluding hydrogens is 162 g/mol. The number of esters is 2. The number of ether oxygens (including phenoxy) is 1. The van der Waals surface area contributed by atoms with E-state index in [0.29, 0.717) is 0 Å². The topological polar surface area (TPSA) is 89.6 Å². The van der Waals surface area contributed by atoms with Crippen molar-refractivity contribution in [3.05, 3.63) is 12.2 Å². The summed E-state index contributed by atoms with van der Waals surface area (Å²) < 4.78 is 3.97. The van der Waals surface area contributed by atoms with Gasteiger partial charge in [0.15, 0.2) is 0 Å². The van der Waals surface area contributed by atoms with E-state index in [1.807, 2.05) is 0 Å². The third-order valence-electron chi connectivity index (χ3n) is 0.557. The maximum Gasteiger partial charge on any atom is 0.338 e. The predicted molar refractivity (Wildman–Crippen MR) is 43.1 cm³/mol. The first kappa shape index (κ1) is 13.4. The second kappa shape index (κ2) is 9.80. The lowest BCUT2D eigenvalue weighted by atomic mass is 10.6. The van der Waals surface area contributed by atoms with Crippen LogP contribution in [0.5, 0.6) is 0 Å². The van der Waals surface area contributed by atoms with Crippen LogP contribution < -0.4 is 5.73 Å². The van der Waals surface area contributed by atoms with Crippen molar-refractivity contribution in [2.24, 2.45) is 5.73 Å². The van der Waals surface area contributed by atoms with Gasteiger partial charge in [-0.15, -0.1) is 0 Å². The lowest BCUT2D eigenvalue weighted by molar-refractivity contribution is -0.150. The van der Waals surface area contributed by atoms with Gasteiger partial charge in [0.1, 0.15) is 0 Å². The Bertz CT molecular complexity index is 149. The highest BCUT2D eigenvalue weighted by Crippen LogP contribution is 1.92. The Morgan fingerprint density at radius 1 is 1.33 bits per heavy atom. The second-order valence-corrected chi connectivity index (χ2v) is 1.39. The van der Waals surface area contributed by atoms with E-state index in [1.165, 1.54) is 7.05 Å². The minimum atomic E-state index is -0.579. The summed E-state index contributed by atoms with van der Waals surface area (Å²) in [5.74, 6) is -1.16. The SMILES string of the molecule is CCO.CN.O=C1C=CC(=O)O1. The van der Waals surface area contributed by atoms with Crippen LogP contribution in [0.1, 0.15) is 6.92 Å². The first-order valence-corrected chi connectivity index (χ1v) is 3.33. The molecule has 0 atom stereocenters. The lowest BCUT2D eigenvalue weighted by Crippen LogP contribution is -1.96. The number of aliphatic hydroxyl groups is 1. The van der Waals surface area contributed by atoms with E-state index in [9.17, 15) is 9.59 Å². The van der Waals surface area contributed by atoms with Crippen molar-refractivity contribution in [1.82, 2.24) is 0 Å². The lowest BCUT2D eigenvalue weighted by Gasteiger charge is -1.80. The van der Waals surface area contributed by atoms with E-state index >= 15 is 0 Å². The Labute approximate surface area is 70.8 Å². The Kier molecular flexibility index (Phi) is 10.9. The van der Waals surface area contributed by atoms with Gasteiger partial charge in [-0.05, 0) is 14.0 Å². The van der Waals surface area contributed by atoms with Crippen molar-refractivity contribution in [3.63, 3.8) is 0 Å². The van der Waals surface area contributed by atoms with E-state index in [4.69, 9.17) is 5.11 Å². The van der Waals surface area contributed by atoms with Gasteiger partial charge in [-0.3, -0.25) is 0 Å². The highest BCUT2D eigenvalue weighted by molar-refractivity contribution is 6.04. The Morgan fingerprint density at radius 2 is 1.58 bits per heavy atom. The molecule has 0 saturated carbocycles. The summed E-state index contributed by atoms with van der Waals surface area (Å²) in [4.78, 5) is 19.8. The summed E-state index contributed by atoms with van der Waals surface area (Å²) in [7, 11) is 1.50. The number of rotatable bonds is 0. The van der Waals surface area contributed by atoms with Crippen molar-refractivity contribution < 1.29 is 19.4 Å². The van der Waals surface area contributed by atoms with Gasteiger partial charge in [0.2, 0.25) is 0 Å². The van der Waals surface area contributed by atoms with Crippen LogP contribution in [0, 0.1) is 0 Å². The van der Waals surface area contributed by atoms with E-state index in [-0.39, 0.29) is 6.61 Å². The first-order valence-electron chi connectivity index (χ1n) is 3.33. The fourth-order valence-electron chi connectivity index (χ4n) is 0.303. The molecule has 3 N–H and O–H groups in total. The molecule has 0 aliphatic carbocycles. The fraction of sp³-hybridized carbons (Fsp3) is 0.429. The largest absolute Gasteiger partial charge is 0.397 e. The van der Waals surface area contributed by atoms with Gasteiger partial charge in [-0.2, -0.15) is 0 Å². The summed E-state index contributed by atoms with van der Waals surface area (Å²) >= 11 is 0. The zero-order chi connectivity index (χ0) is 9.98. The molecule has 1 aliphatic heterocycles. The molecule has 70 valence electrons. The minimum absolute atomic E-state index is 0.250. The van der Waals surface area contributed by atoms with Crippen LogP contribution in [0.15, 0.2) is 12.2 Å². The van der Waals surface area contributed by atoms with Crippen molar-refractivity contribution >= 4 is 11.9 Å². The van der Waals surface area contributed by atoms with Gasteiger partial charge in [-0.25, -0.2) is 9.59 Å². The minimum Gasteiger partial charge on any atom is -0.397 e. The van der Waals surface area contributed by atoms with Gasteiger partial charge < -0.3 is 15.6 Å². The molecule has 0 amide bonds. The van der Waals surface area contributed by atoms with Gasteiger partial charge in [-0.1, -0.05) is 0 Å². The monoisotopic (exact) mass is 175 g/mol. The van der Waals surface area contributed by atoms with E-state index in [0.717, 1.165) is 12.2 Å². The van der Waals surface area contributed by atoms with E-state index < -0.39 is 11.9 Å². The maximum atomic E-state index is 9.92. The molecule has 0 radical (unpaired) electrons. The Balaban J connectivity index is 0. The molecule has 0 saturated heterocycles. The molecule has 5 nitrogen and oxygen atoms in total. The molecule has 0 spiro atoms. The van der Waals surface area contributed by atoms with Gasteiger partial charge in [0, 0.05) is 18.8 Å². The number of aliphatic hydroxyl groups excluding tert-OH is 1. The van der Waals surface area contributed by atoms with Crippen LogP contribution in [0.3, 0.4) is 0 Å². The Hall–Kier alpha value is -1.20. The molecule has 1 heterocycles. The quantitative estimate of drug-likeness (QED) is 0.371. The second-order valence-electron chi connectivity index (χ2n) is 1.39. The van der Waals surface area contributed by atoms with Gasteiger partial charge in [0.25, 0.3) is 0 Å². The molecule has 0 aromatic heterocycles. The summed E-state index contributed by atoms with van der Waals surface area (Å²) in [6.07, 6.45) is 2.17. The summed E-state index contributed by atoms with van der Waals surface area (Å²) in [6.45, 7) is 1.93. The van der Waals surface area contributed by atoms with Crippen LogP contribution in [0.25, 0.3) is 0 Å². The third kappa shape index (κ3) is 8.80. The van der Waals surface area contributed by atoms with Crippen molar-refractivity contribution in [2.45, 2.75) is 6.92 Å². The average Bonchev–Trinajstić information content (AvgIpc) is 2.40. The van der Waals surface area contributed by atoms with Crippen molar-refractivity contribution in [2.75, 3.05) is 13.7 Å². The zero-order valence-electron chi connectivity index (χ0n) is 7.11. The summed E-state index contributed by atoms with van der Waals surface area (Å²) in [5, 5.41) is 7.57. The molecule has 0 aromatic rings. The molecule has 12 heavy (non-hydrogen) atoms. The number of hydrogen-bond donors (Lipinski definition) is 2. The zero-order valence-corrected chi connectivity index (χ0v) is 7.11. The molecular formula is C7H13NO4. The Morgan fingerprint density at radius 3 is 1.67 bits per heavy atom. The van der Waals surface area contributed by atoms with Crippen LogP contribution in [-0.2, 0) is 14.3 Å².